The second kappa shape index (κ2) is 12.1. The largest absolute Gasteiger partial charge is 0.475 e. The number of rotatable bonds is 11. The second-order valence-corrected chi connectivity index (χ2v) is 7.04. The molecule has 176 valence electrons. The minimum absolute atomic E-state index is 0.0817. The Morgan fingerprint density at radius 2 is 2.06 bits per heavy atom. The normalized spacial score (nSPS) is 13.3. The molecule has 0 bridgehead atoms. The Labute approximate surface area is 190 Å². The van der Waals surface area contributed by atoms with Crippen molar-refractivity contribution in [2.45, 2.75) is 19.4 Å². The molecular weight excluding hydrogens is 432 g/mol. The van der Waals surface area contributed by atoms with E-state index in [-0.39, 0.29) is 24.0 Å². The van der Waals surface area contributed by atoms with E-state index in [1.165, 1.54) is 13.0 Å². The van der Waals surface area contributed by atoms with E-state index in [0.29, 0.717) is 25.3 Å². The Balaban J connectivity index is 1.38. The summed E-state index contributed by atoms with van der Waals surface area (Å²) in [5.41, 5.74) is 0. The van der Waals surface area contributed by atoms with Gasteiger partial charge in [0.2, 0.25) is 5.76 Å². The van der Waals surface area contributed by atoms with Gasteiger partial charge in [-0.15, -0.1) is 0 Å². The van der Waals surface area contributed by atoms with Gasteiger partial charge in [-0.1, -0.05) is 18.2 Å². The molecule has 12 nitrogen and oxygen atoms in total. The minimum atomic E-state index is -0.977. The molecule has 2 heterocycles. The van der Waals surface area contributed by atoms with E-state index in [9.17, 15) is 14.4 Å². The molecule has 1 aliphatic heterocycles. The van der Waals surface area contributed by atoms with Crippen LogP contribution in [0.25, 0.3) is 0 Å². The van der Waals surface area contributed by atoms with Gasteiger partial charge in [-0.25, -0.2) is 4.79 Å². The number of amides is 2. The zero-order valence-electron chi connectivity index (χ0n) is 18.1. The van der Waals surface area contributed by atoms with Crippen molar-refractivity contribution in [3.63, 3.8) is 0 Å². The molecule has 2 aromatic rings. The number of ketones is 1. The van der Waals surface area contributed by atoms with Crippen LogP contribution in [-0.2, 0) is 4.79 Å². The van der Waals surface area contributed by atoms with Crippen LogP contribution < -0.4 is 30.7 Å². The van der Waals surface area contributed by atoms with Gasteiger partial charge in [0, 0.05) is 19.6 Å². The molecule has 33 heavy (non-hydrogen) atoms. The highest BCUT2D eigenvalue weighted by atomic mass is 16.6. The predicted octanol–water partition coefficient (Wildman–Crippen LogP) is 0.468. The monoisotopic (exact) mass is 458 g/mol. The molecule has 0 saturated carbocycles. The number of nitrogens with one attached hydrogen (secondary N) is 4. The van der Waals surface area contributed by atoms with Crippen molar-refractivity contribution < 1.29 is 28.4 Å². The van der Waals surface area contributed by atoms with Gasteiger partial charge in [0.15, 0.2) is 11.7 Å². The molecule has 1 atom stereocenters. The highest BCUT2D eigenvalue weighted by molar-refractivity contribution is 5.92. The van der Waals surface area contributed by atoms with Gasteiger partial charge in [-0.05, 0) is 30.6 Å². The quantitative estimate of drug-likeness (QED) is 0.351. The van der Waals surface area contributed by atoms with E-state index in [1.54, 1.807) is 30.3 Å². The summed E-state index contributed by atoms with van der Waals surface area (Å²) in [5, 5.41) is 14.9. The summed E-state index contributed by atoms with van der Waals surface area (Å²) in [7, 11) is 0. The summed E-state index contributed by atoms with van der Waals surface area (Å²) < 4.78 is 15.5. The number of ether oxygens (including phenoxy) is 2. The molecule has 0 radical (unpaired) electrons. The maximum atomic E-state index is 12.3. The lowest BCUT2D eigenvalue weighted by Crippen LogP contribution is -2.48. The predicted molar refractivity (Wildman–Crippen MR) is 117 cm³/mol. The topological polar surface area (TPSA) is 156 Å². The third-order valence-corrected chi connectivity index (χ3v) is 4.45. The zero-order chi connectivity index (χ0) is 23.5. The Kier molecular flexibility index (Phi) is 8.63. The molecular formula is C21H26N6O6. The average Bonchev–Trinajstić information content (AvgIpc) is 3.49. The van der Waals surface area contributed by atoms with E-state index >= 15 is 0 Å². The molecule has 0 unspecified atom stereocenters. The Hall–Kier alpha value is -4.09. The highest BCUT2D eigenvalue weighted by Crippen LogP contribution is 2.12. The van der Waals surface area contributed by atoms with E-state index in [0.717, 1.165) is 19.0 Å². The first-order chi connectivity index (χ1) is 16.0. The fraction of sp³-hybridized carbons (Fsp3) is 0.381. The summed E-state index contributed by atoms with van der Waals surface area (Å²) in [5.74, 6) is 0.242. The number of hydrogen-bond donors (Lipinski definition) is 4. The third kappa shape index (κ3) is 7.83. The van der Waals surface area contributed by atoms with E-state index < -0.39 is 18.0 Å². The van der Waals surface area contributed by atoms with Crippen LogP contribution in [0.5, 0.6) is 11.6 Å². The molecule has 12 heteroatoms. The molecule has 3 rings (SSSR count). The number of carbonyl (C=O) groups excluding carboxylic acids is 3. The number of aromatic nitrogens is 1. The SMILES string of the molecule is CC(=O)[C@@H](CNC(=O)c1cc(OCCCNC2=NCCN2)no1)NC(=O)Oc1ccccc1. The van der Waals surface area contributed by atoms with Crippen LogP contribution in [0.3, 0.4) is 0 Å². The first-order valence-corrected chi connectivity index (χ1v) is 10.4. The smallest absolute Gasteiger partial charge is 0.413 e. The van der Waals surface area contributed by atoms with Gasteiger partial charge in [0.25, 0.3) is 11.8 Å². The van der Waals surface area contributed by atoms with Gasteiger partial charge >= 0.3 is 6.09 Å². The molecule has 1 aromatic heterocycles. The lowest BCUT2D eigenvalue weighted by molar-refractivity contribution is -0.118. The number of guanidine groups is 1. The van der Waals surface area contributed by atoms with Crippen LogP contribution in [0.2, 0.25) is 0 Å². The summed E-state index contributed by atoms with van der Waals surface area (Å²) in [6.45, 7) is 3.78. The fourth-order valence-corrected chi connectivity index (χ4v) is 2.75. The van der Waals surface area contributed by atoms with Crippen molar-refractivity contribution >= 4 is 23.7 Å². The van der Waals surface area contributed by atoms with Crippen LogP contribution in [0, 0.1) is 0 Å². The maximum Gasteiger partial charge on any atom is 0.413 e. The molecule has 4 N–H and O–H groups in total. The van der Waals surface area contributed by atoms with Crippen LogP contribution >= 0.6 is 0 Å². The summed E-state index contributed by atoms with van der Waals surface area (Å²) in [6.07, 6.45) is -0.114. The summed E-state index contributed by atoms with van der Waals surface area (Å²) >= 11 is 0. The van der Waals surface area contributed by atoms with Gasteiger partial charge in [-0.2, -0.15) is 0 Å². The number of carbonyl (C=O) groups is 3. The summed E-state index contributed by atoms with van der Waals surface area (Å²) in [6, 6.07) is 8.78. The molecule has 0 fully saturated rings. The van der Waals surface area contributed by atoms with E-state index in [4.69, 9.17) is 14.0 Å². The number of hydrogen-bond acceptors (Lipinski definition) is 10. The summed E-state index contributed by atoms with van der Waals surface area (Å²) in [4.78, 5) is 40.4. The van der Waals surface area contributed by atoms with Crippen LogP contribution in [-0.4, -0.2) is 67.7 Å². The van der Waals surface area contributed by atoms with Gasteiger partial charge in [0.05, 0.1) is 19.2 Å². The van der Waals surface area contributed by atoms with Crippen molar-refractivity contribution in [3.8, 4) is 11.6 Å². The lowest BCUT2D eigenvalue weighted by atomic mass is 10.2. The van der Waals surface area contributed by atoms with Crippen LogP contribution in [0.1, 0.15) is 23.9 Å². The number of benzene rings is 1. The number of Topliss-reactive ketones (excluding diaryl/α,β-unsaturated/α-hetero) is 1. The maximum absolute atomic E-state index is 12.3. The molecule has 2 amide bonds. The van der Waals surface area contributed by atoms with E-state index in [1.807, 2.05) is 0 Å². The molecule has 0 saturated heterocycles. The standard InChI is InChI=1S/C21H26N6O6/c1-14(28)16(26-21(30)32-15-6-3-2-4-7-15)13-25-19(29)17-12-18(27-33-17)31-11-5-8-22-20-23-9-10-24-20/h2-4,6-7,12,16H,5,8-11,13H2,1H3,(H,25,29)(H,26,30)(H2,22,23,24)/t16-/m1/s1. The Bertz CT molecular complexity index is 977. The average molecular weight is 458 g/mol. The second-order valence-electron chi connectivity index (χ2n) is 7.04. The first kappa shape index (κ1) is 23.6. The Morgan fingerprint density at radius 1 is 1.24 bits per heavy atom. The van der Waals surface area contributed by atoms with Crippen molar-refractivity contribution in [1.29, 1.82) is 0 Å². The molecule has 1 aliphatic rings. The van der Waals surface area contributed by atoms with Crippen molar-refractivity contribution in [3.05, 3.63) is 42.2 Å². The van der Waals surface area contributed by atoms with Crippen LogP contribution in [0.15, 0.2) is 45.9 Å². The lowest BCUT2D eigenvalue weighted by Gasteiger charge is -2.16. The molecule has 0 spiro atoms. The molecule has 0 aliphatic carbocycles. The van der Waals surface area contributed by atoms with Crippen molar-refractivity contribution in [2.24, 2.45) is 4.99 Å². The number of nitrogens with zero attached hydrogens (tertiary/aromatic N) is 2. The number of para-hydroxylation sites is 1. The number of aliphatic imine (C=N–C) groups is 1. The van der Waals surface area contributed by atoms with Crippen molar-refractivity contribution in [2.75, 3.05) is 32.8 Å². The molecule has 1 aromatic carbocycles. The van der Waals surface area contributed by atoms with Crippen LogP contribution in [0.4, 0.5) is 4.79 Å². The first-order valence-electron chi connectivity index (χ1n) is 10.4. The third-order valence-electron chi connectivity index (χ3n) is 4.45. The van der Waals surface area contributed by atoms with Gasteiger partial charge < -0.3 is 35.3 Å². The van der Waals surface area contributed by atoms with Gasteiger partial charge in [-0.3, -0.25) is 14.6 Å². The zero-order valence-corrected chi connectivity index (χ0v) is 18.1. The Morgan fingerprint density at radius 3 is 2.79 bits per heavy atom. The highest BCUT2D eigenvalue weighted by Gasteiger charge is 2.21. The fourth-order valence-electron chi connectivity index (χ4n) is 2.75. The minimum Gasteiger partial charge on any atom is -0.475 e. The van der Waals surface area contributed by atoms with E-state index in [2.05, 4.69) is 31.4 Å². The van der Waals surface area contributed by atoms with Crippen molar-refractivity contribution in [1.82, 2.24) is 26.4 Å². The van der Waals surface area contributed by atoms with Gasteiger partial charge in [0.1, 0.15) is 11.8 Å².